The van der Waals surface area contributed by atoms with Crippen LogP contribution in [0.1, 0.15) is 78.6 Å². The van der Waals surface area contributed by atoms with E-state index in [1.54, 1.807) is 6.92 Å². The summed E-state index contributed by atoms with van der Waals surface area (Å²) in [7, 11) is 0. The molecule has 144 valence electrons. The maximum Gasteiger partial charge on any atom is 0.217 e. The Morgan fingerprint density at radius 1 is 1.16 bits per heavy atom. The number of nitrogens with one attached hydrogen (secondary N) is 1. The van der Waals surface area contributed by atoms with Gasteiger partial charge in [0, 0.05) is 13.3 Å². The molecule has 1 aliphatic heterocycles. The van der Waals surface area contributed by atoms with Crippen LogP contribution in [0.5, 0.6) is 0 Å². The van der Waals surface area contributed by atoms with Gasteiger partial charge < -0.3 is 5.32 Å². The molecular formula is C21H40N3O+. The summed E-state index contributed by atoms with van der Waals surface area (Å²) in [5.41, 5.74) is 0. The molecule has 4 heteroatoms. The van der Waals surface area contributed by atoms with E-state index in [4.69, 9.17) is 4.99 Å². The van der Waals surface area contributed by atoms with Crippen molar-refractivity contribution in [3.05, 3.63) is 12.2 Å². The van der Waals surface area contributed by atoms with E-state index < -0.39 is 0 Å². The zero-order chi connectivity index (χ0) is 18.4. The van der Waals surface area contributed by atoms with Crippen molar-refractivity contribution in [1.29, 1.82) is 0 Å². The zero-order valence-corrected chi connectivity index (χ0v) is 16.8. The predicted octanol–water partition coefficient (Wildman–Crippen LogP) is 4.46. The van der Waals surface area contributed by atoms with E-state index in [1.807, 2.05) is 0 Å². The summed E-state index contributed by atoms with van der Waals surface area (Å²) in [4.78, 5) is 15.9. The minimum Gasteiger partial charge on any atom is -0.351 e. The maximum atomic E-state index is 11.1. The Morgan fingerprint density at radius 3 is 2.56 bits per heavy atom. The molecule has 2 unspecified atom stereocenters. The van der Waals surface area contributed by atoms with Crippen LogP contribution in [0.15, 0.2) is 17.1 Å². The van der Waals surface area contributed by atoms with Gasteiger partial charge in [0.05, 0.1) is 25.8 Å². The minimum atomic E-state index is 0.0645. The lowest BCUT2D eigenvalue weighted by Crippen LogP contribution is -2.55. The number of allylic oxidation sites excluding steroid dienone is 2. The van der Waals surface area contributed by atoms with Gasteiger partial charge in [0.1, 0.15) is 6.54 Å². The summed E-state index contributed by atoms with van der Waals surface area (Å²) in [6.07, 6.45) is 18.7. The van der Waals surface area contributed by atoms with Crippen LogP contribution in [0.25, 0.3) is 0 Å². The number of carbonyl (C=O) groups excluding carboxylic acids is 1. The van der Waals surface area contributed by atoms with Gasteiger partial charge in [-0.1, -0.05) is 44.8 Å². The lowest BCUT2D eigenvalue weighted by molar-refractivity contribution is -0.935. The molecule has 0 radical (unpaired) electrons. The Hall–Kier alpha value is -1.16. The van der Waals surface area contributed by atoms with Gasteiger partial charge in [0.2, 0.25) is 5.91 Å². The molecule has 1 N–H and O–H groups in total. The minimum absolute atomic E-state index is 0.0645. The molecule has 1 aliphatic rings. The van der Waals surface area contributed by atoms with Gasteiger partial charge in [0.25, 0.3) is 0 Å². The van der Waals surface area contributed by atoms with Crippen molar-refractivity contribution < 1.29 is 9.28 Å². The van der Waals surface area contributed by atoms with E-state index >= 15 is 0 Å². The quantitative estimate of drug-likeness (QED) is 0.280. The number of amides is 1. The van der Waals surface area contributed by atoms with Crippen LogP contribution >= 0.6 is 0 Å². The highest BCUT2D eigenvalue weighted by molar-refractivity contribution is 5.72. The van der Waals surface area contributed by atoms with E-state index in [0.717, 1.165) is 30.7 Å². The number of aliphatic imine (C=N–C) groups is 1. The first-order chi connectivity index (χ1) is 12.1. The van der Waals surface area contributed by atoms with E-state index in [2.05, 4.69) is 37.5 Å². The number of nitrogens with zero attached hydrogens (tertiary/aromatic N) is 2. The molecule has 4 nitrogen and oxygen atoms in total. The van der Waals surface area contributed by atoms with E-state index in [1.165, 1.54) is 57.8 Å². The van der Waals surface area contributed by atoms with Crippen LogP contribution in [-0.4, -0.2) is 48.9 Å². The average Bonchev–Trinajstić information content (AvgIpc) is 2.99. The van der Waals surface area contributed by atoms with Crippen LogP contribution in [-0.2, 0) is 4.79 Å². The molecule has 0 aromatic heterocycles. The Bertz CT molecular complexity index is 419. The van der Waals surface area contributed by atoms with Crippen molar-refractivity contribution >= 4 is 12.1 Å². The summed E-state index contributed by atoms with van der Waals surface area (Å²) >= 11 is 0. The molecule has 25 heavy (non-hydrogen) atoms. The maximum absolute atomic E-state index is 11.1. The molecule has 0 aromatic rings. The third-order valence-corrected chi connectivity index (χ3v) is 5.39. The fourth-order valence-electron chi connectivity index (χ4n) is 3.64. The molecule has 1 rings (SSSR count). The van der Waals surface area contributed by atoms with Gasteiger partial charge in [-0.25, -0.2) is 4.99 Å². The second kappa shape index (κ2) is 13.1. The van der Waals surface area contributed by atoms with Crippen LogP contribution in [0.3, 0.4) is 0 Å². The topological polar surface area (TPSA) is 41.5 Å². The molecule has 0 fully saturated rings. The Balaban J connectivity index is 2.18. The number of rotatable bonds is 14. The monoisotopic (exact) mass is 350 g/mol. The summed E-state index contributed by atoms with van der Waals surface area (Å²) in [6, 6.07) is 0. The second-order valence-electron chi connectivity index (χ2n) is 7.34. The zero-order valence-electron chi connectivity index (χ0n) is 16.8. The normalized spacial score (nSPS) is 22.8. The first-order valence-corrected chi connectivity index (χ1v) is 10.4. The van der Waals surface area contributed by atoms with Crippen molar-refractivity contribution in [2.75, 3.05) is 26.2 Å². The average molecular weight is 351 g/mol. The van der Waals surface area contributed by atoms with Crippen molar-refractivity contribution in [2.24, 2.45) is 4.99 Å². The highest BCUT2D eigenvalue weighted by atomic mass is 16.1. The Kier molecular flexibility index (Phi) is 11.5. The second-order valence-corrected chi connectivity index (χ2v) is 7.34. The highest BCUT2D eigenvalue weighted by Crippen LogP contribution is 2.24. The lowest BCUT2D eigenvalue weighted by Gasteiger charge is -2.38. The molecule has 2 atom stereocenters. The van der Waals surface area contributed by atoms with E-state index in [9.17, 15) is 4.79 Å². The number of quaternary nitrogens is 1. The van der Waals surface area contributed by atoms with Gasteiger partial charge in [-0.05, 0) is 32.6 Å². The predicted molar refractivity (Wildman–Crippen MR) is 108 cm³/mol. The fraction of sp³-hybridized carbons (Fsp3) is 0.810. The van der Waals surface area contributed by atoms with Crippen molar-refractivity contribution in [3.63, 3.8) is 0 Å². The fourth-order valence-corrected chi connectivity index (χ4v) is 3.64. The number of unbranched alkanes of at least 4 members (excludes halogenated alkanes) is 6. The number of hydrogen-bond donors (Lipinski definition) is 1. The van der Waals surface area contributed by atoms with Gasteiger partial charge in [-0.15, -0.1) is 0 Å². The van der Waals surface area contributed by atoms with Gasteiger partial charge >= 0.3 is 0 Å². The van der Waals surface area contributed by atoms with Crippen LogP contribution in [0, 0.1) is 0 Å². The van der Waals surface area contributed by atoms with Gasteiger partial charge in [0.15, 0.2) is 6.17 Å². The molecule has 0 saturated carbocycles. The Morgan fingerprint density at radius 2 is 1.88 bits per heavy atom. The van der Waals surface area contributed by atoms with Crippen molar-refractivity contribution in [1.82, 2.24) is 5.32 Å². The highest BCUT2D eigenvalue weighted by Gasteiger charge is 2.37. The smallest absolute Gasteiger partial charge is 0.217 e. The van der Waals surface area contributed by atoms with Crippen molar-refractivity contribution in [2.45, 2.75) is 84.7 Å². The summed E-state index contributed by atoms with van der Waals surface area (Å²) in [5, 5.41) is 2.94. The first kappa shape index (κ1) is 21.9. The third-order valence-electron chi connectivity index (χ3n) is 5.39. The molecule has 0 aromatic carbocycles. The molecule has 1 amide bonds. The van der Waals surface area contributed by atoms with E-state index in [0.29, 0.717) is 6.17 Å². The standard InChI is InChI=1S/C21H39N3O/c1-4-6-7-8-9-10-11-12-13-14-15-21-23-17-19-24(21,5-2)18-16-22-20(3)25/h8-9,17,21H,4-7,10-16,18-19H2,1-3H3/p+1/b9-8+. The first-order valence-electron chi connectivity index (χ1n) is 10.4. The molecule has 1 heterocycles. The summed E-state index contributed by atoms with van der Waals surface area (Å²) in [6.45, 7) is 9.94. The molecule has 0 aliphatic carbocycles. The number of carbonyl (C=O) groups is 1. The number of likely N-dealkylation sites (N-methyl/N-ethyl adjacent to an activating group) is 1. The Labute approximate surface area is 155 Å². The van der Waals surface area contributed by atoms with Crippen LogP contribution < -0.4 is 5.32 Å². The van der Waals surface area contributed by atoms with Gasteiger partial charge in [-0.3, -0.25) is 9.28 Å². The van der Waals surface area contributed by atoms with Crippen LogP contribution in [0.2, 0.25) is 0 Å². The number of hydrogen-bond acceptors (Lipinski definition) is 2. The summed E-state index contributed by atoms with van der Waals surface area (Å²) < 4.78 is 1.01. The molecular weight excluding hydrogens is 310 g/mol. The SMILES string of the molecule is CCCC/C=C/CCCCCCC1N=CC[N+]1(CC)CCNC(C)=O. The molecule has 0 bridgehead atoms. The van der Waals surface area contributed by atoms with Crippen LogP contribution in [0.4, 0.5) is 0 Å². The molecule has 0 saturated heterocycles. The van der Waals surface area contributed by atoms with Gasteiger partial charge in [-0.2, -0.15) is 0 Å². The van der Waals surface area contributed by atoms with E-state index in [-0.39, 0.29) is 5.91 Å². The largest absolute Gasteiger partial charge is 0.351 e. The molecule has 0 spiro atoms. The van der Waals surface area contributed by atoms with Crippen molar-refractivity contribution in [3.8, 4) is 0 Å². The summed E-state index contributed by atoms with van der Waals surface area (Å²) in [5.74, 6) is 0.0645. The third kappa shape index (κ3) is 8.66. The lowest BCUT2D eigenvalue weighted by atomic mass is 10.1.